The summed E-state index contributed by atoms with van der Waals surface area (Å²) in [6, 6.07) is 14.6. The number of rotatable bonds is 2. The predicted octanol–water partition coefficient (Wildman–Crippen LogP) is 4.45. The maximum Gasteiger partial charge on any atom is 0.106 e. The van der Waals surface area contributed by atoms with Crippen LogP contribution in [0.2, 0.25) is 5.02 Å². The van der Waals surface area contributed by atoms with Crippen LogP contribution in [0.4, 0.5) is 11.4 Å². The lowest BCUT2D eigenvalue weighted by Crippen LogP contribution is -2.34. The van der Waals surface area contributed by atoms with Gasteiger partial charge in [0, 0.05) is 22.3 Å². The first-order valence-corrected chi connectivity index (χ1v) is 7.83. The van der Waals surface area contributed by atoms with Gasteiger partial charge < -0.3 is 10.6 Å². The van der Waals surface area contributed by atoms with Crippen molar-refractivity contribution in [3.8, 4) is 0 Å². The molecule has 1 atom stereocenters. The number of para-hydroxylation sites is 1. The number of fused-ring (bicyclic) bond motifs is 1. The summed E-state index contributed by atoms with van der Waals surface area (Å²) in [5, 5.41) is 0.652. The molecule has 0 radical (unpaired) electrons. The first-order valence-electron chi connectivity index (χ1n) is 7.04. The molecule has 1 aliphatic rings. The van der Waals surface area contributed by atoms with Crippen LogP contribution in [0.3, 0.4) is 0 Å². The molecule has 0 saturated carbocycles. The minimum Gasteiger partial charge on any atom is -0.389 e. The molecule has 0 amide bonds. The van der Waals surface area contributed by atoms with E-state index in [4.69, 9.17) is 29.6 Å². The molecule has 2 nitrogen and oxygen atoms in total. The van der Waals surface area contributed by atoms with Crippen molar-refractivity contribution in [1.82, 2.24) is 0 Å². The van der Waals surface area contributed by atoms with Crippen LogP contribution in [0.1, 0.15) is 24.5 Å². The van der Waals surface area contributed by atoms with Crippen LogP contribution < -0.4 is 10.6 Å². The van der Waals surface area contributed by atoms with Crippen molar-refractivity contribution in [1.29, 1.82) is 0 Å². The molecule has 4 heteroatoms. The van der Waals surface area contributed by atoms with Gasteiger partial charge in [-0.2, -0.15) is 0 Å². The molecular formula is C17H17ClN2S. The normalized spacial score (nSPS) is 17.4. The van der Waals surface area contributed by atoms with Crippen LogP contribution in [0.15, 0.2) is 42.5 Å². The first-order chi connectivity index (χ1) is 10.1. The fraction of sp³-hybridized carbons (Fsp3) is 0.235. The number of hydrogen-bond acceptors (Lipinski definition) is 2. The number of hydrogen-bond donors (Lipinski definition) is 1. The van der Waals surface area contributed by atoms with Gasteiger partial charge in [0.1, 0.15) is 4.99 Å². The summed E-state index contributed by atoms with van der Waals surface area (Å²) in [5.41, 5.74) is 10.4. The van der Waals surface area contributed by atoms with Gasteiger partial charge in [-0.25, -0.2) is 0 Å². The standard InChI is InChI=1S/C17H17ClN2S/c1-11-6-7-12-4-2-3-5-15(12)20(11)16-9-8-13(18)10-14(16)17(19)21/h2-5,8-11H,6-7H2,1H3,(H2,19,21). The summed E-state index contributed by atoms with van der Waals surface area (Å²) in [6.07, 6.45) is 2.21. The van der Waals surface area contributed by atoms with E-state index in [2.05, 4.69) is 36.1 Å². The zero-order chi connectivity index (χ0) is 15.0. The van der Waals surface area contributed by atoms with E-state index in [0.717, 1.165) is 24.1 Å². The van der Waals surface area contributed by atoms with Gasteiger partial charge in [-0.05, 0) is 49.6 Å². The molecule has 1 aliphatic heterocycles. The molecule has 1 unspecified atom stereocenters. The van der Waals surface area contributed by atoms with Crippen LogP contribution in [-0.2, 0) is 6.42 Å². The molecule has 108 valence electrons. The highest BCUT2D eigenvalue weighted by Gasteiger charge is 2.26. The summed E-state index contributed by atoms with van der Waals surface area (Å²) in [6.45, 7) is 2.23. The quantitative estimate of drug-likeness (QED) is 0.830. The molecule has 21 heavy (non-hydrogen) atoms. The Balaban J connectivity index is 2.18. The van der Waals surface area contributed by atoms with E-state index >= 15 is 0 Å². The molecule has 2 aromatic rings. The number of nitrogens with two attached hydrogens (primary N) is 1. The van der Waals surface area contributed by atoms with E-state index in [-0.39, 0.29) is 0 Å². The van der Waals surface area contributed by atoms with Crippen LogP contribution in [0, 0.1) is 0 Å². The predicted molar refractivity (Wildman–Crippen MR) is 93.7 cm³/mol. The van der Waals surface area contributed by atoms with Crippen LogP contribution in [-0.4, -0.2) is 11.0 Å². The zero-order valence-electron chi connectivity index (χ0n) is 11.8. The van der Waals surface area contributed by atoms with Crippen molar-refractivity contribution >= 4 is 40.2 Å². The van der Waals surface area contributed by atoms with Gasteiger partial charge in [0.15, 0.2) is 0 Å². The van der Waals surface area contributed by atoms with Crippen molar-refractivity contribution in [3.63, 3.8) is 0 Å². The smallest absolute Gasteiger partial charge is 0.106 e. The second-order valence-electron chi connectivity index (χ2n) is 5.41. The van der Waals surface area contributed by atoms with Gasteiger partial charge in [-0.3, -0.25) is 0 Å². The number of nitrogens with zero attached hydrogens (tertiary/aromatic N) is 1. The van der Waals surface area contributed by atoms with E-state index < -0.39 is 0 Å². The number of benzene rings is 2. The number of anilines is 2. The van der Waals surface area contributed by atoms with E-state index in [0.29, 0.717) is 16.1 Å². The van der Waals surface area contributed by atoms with Crippen molar-refractivity contribution in [2.45, 2.75) is 25.8 Å². The van der Waals surface area contributed by atoms with Crippen LogP contribution >= 0.6 is 23.8 Å². The number of thiocarbonyl (C=S) groups is 1. The monoisotopic (exact) mass is 316 g/mol. The van der Waals surface area contributed by atoms with Crippen LogP contribution in [0.5, 0.6) is 0 Å². The largest absolute Gasteiger partial charge is 0.389 e. The SMILES string of the molecule is CC1CCc2ccccc2N1c1ccc(Cl)cc1C(N)=S. The van der Waals surface area contributed by atoms with Crippen LogP contribution in [0.25, 0.3) is 0 Å². The van der Waals surface area contributed by atoms with Gasteiger partial charge in [0.2, 0.25) is 0 Å². The lowest BCUT2D eigenvalue weighted by Gasteiger charge is -2.38. The summed E-state index contributed by atoms with van der Waals surface area (Å²) < 4.78 is 0. The maximum atomic E-state index is 6.10. The molecule has 0 aliphatic carbocycles. The number of halogens is 1. The highest BCUT2D eigenvalue weighted by Crippen LogP contribution is 2.38. The van der Waals surface area contributed by atoms with E-state index in [9.17, 15) is 0 Å². The van der Waals surface area contributed by atoms with E-state index in [1.807, 2.05) is 18.2 Å². The third-order valence-corrected chi connectivity index (χ3v) is 4.46. The molecule has 3 rings (SSSR count). The Labute approximate surface area is 135 Å². The fourth-order valence-corrected chi connectivity index (χ4v) is 3.31. The Morgan fingerprint density at radius 2 is 2.00 bits per heavy atom. The molecule has 0 bridgehead atoms. The molecule has 2 N–H and O–H groups in total. The topological polar surface area (TPSA) is 29.3 Å². The molecular weight excluding hydrogens is 300 g/mol. The summed E-state index contributed by atoms with van der Waals surface area (Å²) in [4.78, 5) is 2.70. The van der Waals surface area contributed by atoms with Gasteiger partial charge in [-0.1, -0.05) is 42.0 Å². The number of aryl methyl sites for hydroxylation is 1. The molecule has 0 spiro atoms. The second-order valence-corrected chi connectivity index (χ2v) is 6.29. The summed E-state index contributed by atoms with van der Waals surface area (Å²) in [7, 11) is 0. The lowest BCUT2D eigenvalue weighted by atomic mass is 9.95. The van der Waals surface area contributed by atoms with Gasteiger partial charge in [0.05, 0.1) is 5.69 Å². The molecule has 0 aromatic heterocycles. The van der Waals surface area contributed by atoms with Gasteiger partial charge >= 0.3 is 0 Å². The second kappa shape index (κ2) is 5.66. The highest BCUT2D eigenvalue weighted by molar-refractivity contribution is 7.80. The van der Waals surface area contributed by atoms with Crippen molar-refractivity contribution < 1.29 is 0 Å². The van der Waals surface area contributed by atoms with Crippen molar-refractivity contribution in [2.75, 3.05) is 4.90 Å². The van der Waals surface area contributed by atoms with Gasteiger partial charge in [0.25, 0.3) is 0 Å². The minimum absolute atomic E-state index is 0.378. The maximum absolute atomic E-state index is 6.10. The molecule has 0 saturated heterocycles. The first kappa shape index (κ1) is 14.4. The van der Waals surface area contributed by atoms with E-state index in [1.54, 1.807) is 0 Å². The fourth-order valence-electron chi connectivity index (χ4n) is 2.97. The zero-order valence-corrected chi connectivity index (χ0v) is 13.4. The molecule has 2 aromatic carbocycles. The third-order valence-electron chi connectivity index (χ3n) is 4.01. The average molecular weight is 317 g/mol. The lowest BCUT2D eigenvalue weighted by molar-refractivity contribution is 0.618. The molecule has 1 heterocycles. The highest BCUT2D eigenvalue weighted by atomic mass is 35.5. The van der Waals surface area contributed by atoms with Crippen molar-refractivity contribution in [3.05, 3.63) is 58.6 Å². The third kappa shape index (κ3) is 2.63. The Bertz CT molecular complexity index is 699. The Morgan fingerprint density at radius 1 is 1.24 bits per heavy atom. The minimum atomic E-state index is 0.378. The molecule has 0 fully saturated rings. The Morgan fingerprint density at radius 3 is 2.76 bits per heavy atom. The summed E-state index contributed by atoms with van der Waals surface area (Å²) in [5.74, 6) is 0. The van der Waals surface area contributed by atoms with Crippen molar-refractivity contribution in [2.24, 2.45) is 5.73 Å². The average Bonchev–Trinajstić information content (AvgIpc) is 2.47. The van der Waals surface area contributed by atoms with E-state index in [1.165, 1.54) is 11.3 Å². The van der Waals surface area contributed by atoms with Gasteiger partial charge in [-0.15, -0.1) is 0 Å². The summed E-state index contributed by atoms with van der Waals surface area (Å²) >= 11 is 11.3. The Kier molecular flexibility index (Phi) is 3.87. The Hall–Kier alpha value is -1.58.